The van der Waals surface area contributed by atoms with E-state index in [1.807, 2.05) is 30.3 Å². The van der Waals surface area contributed by atoms with Crippen molar-refractivity contribution >= 4 is 105 Å². The molecule has 32 heteroatoms. The second-order valence-corrected chi connectivity index (χ2v) is 25.2. The quantitative estimate of drug-likeness (QED) is 0.0160. The molecule has 0 aliphatic carbocycles. The molecule has 0 radical (unpaired) electrons. The molecule has 2 aliphatic heterocycles. The van der Waals surface area contributed by atoms with Crippen molar-refractivity contribution in [2.24, 2.45) is 28.1 Å². The Morgan fingerprint density at radius 3 is 1.90 bits per heavy atom. The SMILES string of the molecule is CC(=O)N[C@@H]1CCC(=O)NCC(=O)NCC[C@H](C(=O)N[C@@H](CO)C(=O)N[C@@H](Cc2ccc(O)cc2)C(=O)N[C@H](Cc2ccc3ccccc3c2)C(=O)N[C@@H](CC(C)C)C(=O)N[C@@H](CCCN=C(N)N)C(=O)N2CCC[C@H]2C(=O)N[C@H](C)C(N)=O)NC(=O)[C@@H](Cc2ccc(Cl)cc2)NC1=O. The highest BCUT2D eigenvalue weighted by molar-refractivity contribution is 6.30. The van der Waals surface area contributed by atoms with Gasteiger partial charge in [0.15, 0.2) is 5.96 Å². The van der Waals surface area contributed by atoms with E-state index in [0.29, 0.717) is 28.1 Å². The fourth-order valence-corrected chi connectivity index (χ4v) is 11.3. The number of nitrogens with one attached hydrogen (secondary N) is 11. The summed E-state index contributed by atoms with van der Waals surface area (Å²) >= 11 is 6.14. The first-order valence-electron chi connectivity index (χ1n) is 32.6. The molecule has 0 aromatic heterocycles. The van der Waals surface area contributed by atoms with E-state index in [9.17, 15) is 63.0 Å². The van der Waals surface area contributed by atoms with Crippen molar-refractivity contribution in [2.45, 2.75) is 159 Å². The van der Waals surface area contributed by atoms with E-state index in [1.54, 1.807) is 38.1 Å². The van der Waals surface area contributed by atoms with Gasteiger partial charge in [-0.3, -0.25) is 67.3 Å². The van der Waals surface area contributed by atoms with Gasteiger partial charge in [0.05, 0.1) is 13.2 Å². The Labute approximate surface area is 576 Å². The molecule has 2 heterocycles. The number of amides is 13. The zero-order valence-electron chi connectivity index (χ0n) is 55.5. The van der Waals surface area contributed by atoms with E-state index in [0.717, 1.165) is 17.7 Å². The molecule has 0 saturated carbocycles. The molecule has 2 saturated heterocycles. The summed E-state index contributed by atoms with van der Waals surface area (Å²) in [5.41, 5.74) is 18.0. The van der Waals surface area contributed by atoms with Crippen LogP contribution in [0.15, 0.2) is 96.0 Å². The third-order valence-corrected chi connectivity index (χ3v) is 16.7. The number of hydrogen-bond donors (Lipinski definition) is 16. The van der Waals surface area contributed by atoms with Crippen LogP contribution < -0.4 is 75.7 Å². The minimum absolute atomic E-state index is 0.00357. The summed E-state index contributed by atoms with van der Waals surface area (Å²) in [6.45, 7) is 4.35. The average molecular weight is 1390 g/mol. The lowest BCUT2D eigenvalue weighted by atomic mass is 9.98. The summed E-state index contributed by atoms with van der Waals surface area (Å²) in [6.07, 6.45) is -0.874. The van der Waals surface area contributed by atoms with Gasteiger partial charge < -0.3 is 90.8 Å². The number of rotatable bonds is 28. The van der Waals surface area contributed by atoms with E-state index in [4.69, 9.17) is 28.8 Å². The van der Waals surface area contributed by atoms with Gasteiger partial charge in [0, 0.05) is 57.3 Å². The Balaban J connectivity index is 1.30. The van der Waals surface area contributed by atoms with E-state index in [2.05, 4.69) is 63.5 Å². The number of primary amides is 1. The monoisotopic (exact) mass is 1390 g/mol. The highest BCUT2D eigenvalue weighted by atomic mass is 35.5. The number of guanidine groups is 1. The molecule has 99 heavy (non-hydrogen) atoms. The zero-order valence-corrected chi connectivity index (χ0v) is 56.3. The number of phenols is 1. The highest BCUT2D eigenvalue weighted by Crippen LogP contribution is 2.22. The number of carbonyl (C=O) groups excluding carboxylic acids is 13. The number of nitrogens with two attached hydrogens (primary N) is 3. The van der Waals surface area contributed by atoms with E-state index in [-0.39, 0.29) is 101 Å². The third-order valence-electron chi connectivity index (χ3n) is 16.4. The van der Waals surface area contributed by atoms with Crippen LogP contribution in [-0.2, 0) is 81.6 Å². The van der Waals surface area contributed by atoms with E-state index in [1.165, 1.54) is 48.2 Å². The normalized spacial score (nSPS) is 18.8. The number of aliphatic hydroxyl groups is 1. The predicted molar refractivity (Wildman–Crippen MR) is 364 cm³/mol. The largest absolute Gasteiger partial charge is 0.508 e. The number of aromatic hydroxyl groups is 1. The van der Waals surface area contributed by atoms with Crippen LogP contribution in [0.2, 0.25) is 5.02 Å². The van der Waals surface area contributed by atoms with Gasteiger partial charge in [-0.1, -0.05) is 92.2 Å². The van der Waals surface area contributed by atoms with Crippen molar-refractivity contribution in [1.29, 1.82) is 0 Å². The molecule has 0 unspecified atom stereocenters. The van der Waals surface area contributed by atoms with Crippen LogP contribution in [0, 0.1) is 5.92 Å². The highest BCUT2D eigenvalue weighted by Gasteiger charge is 2.40. The molecule has 0 spiro atoms. The lowest BCUT2D eigenvalue weighted by Gasteiger charge is -2.31. The van der Waals surface area contributed by atoms with Gasteiger partial charge in [-0.15, -0.1) is 0 Å². The van der Waals surface area contributed by atoms with Crippen LogP contribution in [0.4, 0.5) is 0 Å². The molecule has 19 N–H and O–H groups in total. The first-order valence-corrected chi connectivity index (χ1v) is 32.9. The third kappa shape index (κ3) is 24.9. The summed E-state index contributed by atoms with van der Waals surface area (Å²) < 4.78 is 0. The van der Waals surface area contributed by atoms with Gasteiger partial charge in [-0.2, -0.15) is 0 Å². The zero-order chi connectivity index (χ0) is 72.5. The Kier molecular flexibility index (Phi) is 29.7. The lowest BCUT2D eigenvalue weighted by Crippen LogP contribution is -2.62. The van der Waals surface area contributed by atoms with Crippen molar-refractivity contribution in [1.82, 2.24) is 63.4 Å². The number of aliphatic hydroxyl groups excluding tert-OH is 1. The van der Waals surface area contributed by atoms with Gasteiger partial charge in [0.1, 0.15) is 66.2 Å². The van der Waals surface area contributed by atoms with E-state index >= 15 is 9.59 Å². The molecule has 4 aromatic rings. The number of carbonyl (C=O) groups is 13. The van der Waals surface area contributed by atoms with Gasteiger partial charge in [-0.25, -0.2) is 0 Å². The minimum Gasteiger partial charge on any atom is -0.508 e. The number of nitrogens with zero attached hydrogens (tertiary/aromatic N) is 2. The van der Waals surface area contributed by atoms with Crippen LogP contribution in [0.3, 0.4) is 0 Å². The summed E-state index contributed by atoms with van der Waals surface area (Å²) in [7, 11) is 0. The summed E-state index contributed by atoms with van der Waals surface area (Å²) in [4.78, 5) is 185. The molecular weight excluding hydrogens is 1300 g/mol. The standard InChI is InChI=1S/C67H89ClN16O15/c1-36(2)29-49(60(93)78-48(11-7-26-73-67(70)71)66(99)84-28-8-12-54(84)65(98)75-37(3)57(69)90)79-63(96)52(33-41-13-18-42-9-5-6-10-43(42)30-41)81-62(95)51(32-40-16-21-45(87)22-17-40)82-64(97)53(35-85)83-59(92)47-25-27-72-56(89)34-74-55(88)24-23-46(76-38(4)86)58(91)80-50(61(94)77-47)31-39-14-19-44(68)20-15-39/h5-6,9-10,13-22,30,36-37,46-54,85,87H,7-8,11-12,23-29,31-35H2,1-4H3,(H2,69,90)(H,72,89)(H,74,88)(H,75,98)(H,76,86)(H,77,94)(H,78,93)(H,79,96)(H,80,91)(H,81,95)(H,82,97)(H,83,92)(H4,70,71,73)/t37-,46-,47-,48+,49+,50-,51+,52-,53+,54+/m1/s1. The van der Waals surface area contributed by atoms with Crippen molar-refractivity contribution < 1.29 is 72.5 Å². The van der Waals surface area contributed by atoms with E-state index < -0.39 is 150 Å². The lowest BCUT2D eigenvalue weighted by molar-refractivity contribution is -0.142. The first-order chi connectivity index (χ1) is 47.1. The molecule has 4 aromatic carbocycles. The number of halogens is 1. The minimum atomic E-state index is -1.88. The van der Waals surface area contributed by atoms with Crippen molar-refractivity contribution in [3.05, 3.63) is 113 Å². The molecule has 13 amide bonds. The first kappa shape index (κ1) is 77.6. The fourth-order valence-electron chi connectivity index (χ4n) is 11.1. The van der Waals surface area contributed by atoms with Gasteiger partial charge in [0.2, 0.25) is 76.8 Å². The molecule has 2 fully saturated rings. The van der Waals surface area contributed by atoms with Gasteiger partial charge in [0.25, 0.3) is 0 Å². The number of phenolic OH excluding ortho intramolecular Hbond substituents is 1. The number of likely N-dealkylation sites (tertiary alicyclic amines) is 1. The van der Waals surface area contributed by atoms with Crippen molar-refractivity contribution in [2.75, 3.05) is 32.8 Å². The second kappa shape index (κ2) is 37.9. The average Bonchev–Trinajstić information content (AvgIpc) is 1.82. The Bertz CT molecular complexity index is 3590. The summed E-state index contributed by atoms with van der Waals surface area (Å²) in [5, 5.41) is 51.5. The molecule has 10 atom stereocenters. The summed E-state index contributed by atoms with van der Waals surface area (Å²) in [6, 6.07) is 10.2. The smallest absolute Gasteiger partial charge is 0.245 e. The van der Waals surface area contributed by atoms with Gasteiger partial charge >= 0.3 is 0 Å². The predicted octanol–water partition coefficient (Wildman–Crippen LogP) is -2.39. The van der Waals surface area contributed by atoms with Crippen LogP contribution >= 0.6 is 11.6 Å². The molecule has 0 bridgehead atoms. The van der Waals surface area contributed by atoms with Crippen LogP contribution in [0.5, 0.6) is 5.75 Å². The van der Waals surface area contributed by atoms with Crippen molar-refractivity contribution in [3.63, 3.8) is 0 Å². The maximum atomic E-state index is 15.1. The number of hydrogen-bond acceptors (Lipinski definition) is 16. The van der Waals surface area contributed by atoms with Crippen molar-refractivity contribution in [3.8, 4) is 5.75 Å². The van der Waals surface area contributed by atoms with Gasteiger partial charge in [-0.05, 0) is 110 Å². The van der Waals surface area contributed by atoms with Crippen LogP contribution in [-0.4, -0.2) is 191 Å². The molecule has 534 valence electrons. The second-order valence-electron chi connectivity index (χ2n) is 24.8. The maximum absolute atomic E-state index is 15.1. The Morgan fingerprint density at radius 1 is 0.657 bits per heavy atom. The van der Waals surface area contributed by atoms with Crippen LogP contribution in [0.25, 0.3) is 10.8 Å². The Hall–Kier alpha value is -10.4. The number of fused-ring (bicyclic) bond motifs is 1. The maximum Gasteiger partial charge on any atom is 0.245 e. The summed E-state index contributed by atoms with van der Waals surface area (Å²) in [5.74, 6) is -11.4. The molecule has 2 aliphatic rings. The van der Waals surface area contributed by atoms with Crippen LogP contribution in [0.1, 0.15) is 95.8 Å². The molecule has 31 nitrogen and oxygen atoms in total. The molecule has 6 rings (SSSR count). The number of benzene rings is 4. The fraction of sp³-hybridized carbons (Fsp3) is 0.463. The Morgan fingerprint density at radius 2 is 1.26 bits per heavy atom. The molecular formula is C67H89ClN16O15. The topological polar surface area (TPSA) is 488 Å². The number of aliphatic imine (C=N–C) groups is 1.